The molecule has 0 spiro atoms. The summed E-state index contributed by atoms with van der Waals surface area (Å²) in [6.45, 7) is 4.59. The molecular weight excluding hydrogens is 368 g/mol. The molecule has 144 valence electrons. The van der Waals surface area contributed by atoms with Crippen molar-refractivity contribution in [1.29, 1.82) is 0 Å². The van der Waals surface area contributed by atoms with E-state index in [0.717, 1.165) is 23.5 Å². The SMILES string of the molecule is COc1cccc([C@@H](c2sc3nc(C)nn3c2O)N2CCOCC2)c1OC. The first-order valence-corrected chi connectivity index (χ1v) is 9.53. The standard InChI is InChI=1S/C18H22N4O4S/c1-11-19-18-22(20-11)17(23)16(27-18)14(21-7-9-26-10-8-21)12-5-4-6-13(24-2)15(12)25-3/h4-6,14,23H,7-10H2,1-3H3/t14-/m0/s1. The number of hydrogen-bond donors (Lipinski definition) is 1. The van der Waals surface area contributed by atoms with E-state index in [0.29, 0.717) is 35.5 Å². The van der Waals surface area contributed by atoms with Crippen molar-refractivity contribution >= 4 is 16.3 Å². The molecule has 1 fully saturated rings. The Hall–Kier alpha value is -2.36. The van der Waals surface area contributed by atoms with Crippen LogP contribution in [0.2, 0.25) is 0 Å². The highest BCUT2D eigenvalue weighted by molar-refractivity contribution is 7.17. The zero-order valence-corrected chi connectivity index (χ0v) is 16.3. The molecule has 0 radical (unpaired) electrons. The quantitative estimate of drug-likeness (QED) is 0.715. The van der Waals surface area contributed by atoms with Crippen molar-refractivity contribution in [1.82, 2.24) is 19.5 Å². The predicted octanol–water partition coefficient (Wildman–Crippen LogP) is 2.24. The van der Waals surface area contributed by atoms with Gasteiger partial charge < -0.3 is 19.3 Å². The van der Waals surface area contributed by atoms with E-state index in [4.69, 9.17) is 14.2 Å². The summed E-state index contributed by atoms with van der Waals surface area (Å²) in [6, 6.07) is 5.59. The molecule has 4 rings (SSSR count). The molecule has 0 saturated carbocycles. The maximum absolute atomic E-state index is 10.9. The number of fused-ring (bicyclic) bond motifs is 1. The molecule has 8 nitrogen and oxygen atoms in total. The van der Waals surface area contributed by atoms with Crippen LogP contribution in [0.25, 0.3) is 4.96 Å². The highest BCUT2D eigenvalue weighted by Gasteiger charge is 2.33. The first kappa shape index (κ1) is 18.0. The lowest BCUT2D eigenvalue weighted by Crippen LogP contribution is -2.39. The molecule has 1 aliphatic rings. The molecule has 1 saturated heterocycles. The van der Waals surface area contributed by atoms with Gasteiger partial charge in [-0.1, -0.05) is 23.5 Å². The molecular formula is C18H22N4O4S. The van der Waals surface area contributed by atoms with E-state index in [1.54, 1.807) is 14.2 Å². The van der Waals surface area contributed by atoms with E-state index < -0.39 is 0 Å². The number of aromatic hydroxyl groups is 1. The molecule has 0 amide bonds. The van der Waals surface area contributed by atoms with Crippen molar-refractivity contribution in [3.8, 4) is 17.4 Å². The fourth-order valence-electron chi connectivity index (χ4n) is 3.49. The van der Waals surface area contributed by atoms with Crippen LogP contribution in [0, 0.1) is 6.92 Å². The largest absolute Gasteiger partial charge is 0.493 e. The lowest BCUT2D eigenvalue weighted by molar-refractivity contribution is 0.0236. The molecule has 1 atom stereocenters. The number of methoxy groups -OCH3 is 2. The summed E-state index contributed by atoms with van der Waals surface area (Å²) in [5.74, 6) is 2.05. The third-order valence-electron chi connectivity index (χ3n) is 4.69. The van der Waals surface area contributed by atoms with E-state index in [2.05, 4.69) is 15.0 Å². The van der Waals surface area contributed by atoms with Crippen molar-refractivity contribution in [3.63, 3.8) is 0 Å². The Kier molecular flexibility index (Phi) is 4.90. The van der Waals surface area contributed by atoms with E-state index in [-0.39, 0.29) is 11.9 Å². The minimum Gasteiger partial charge on any atom is -0.493 e. The van der Waals surface area contributed by atoms with Gasteiger partial charge in [0, 0.05) is 18.7 Å². The number of ether oxygens (including phenoxy) is 3. The number of rotatable bonds is 5. The summed E-state index contributed by atoms with van der Waals surface area (Å²) >= 11 is 1.43. The molecule has 0 aliphatic carbocycles. The Morgan fingerprint density at radius 3 is 2.67 bits per heavy atom. The fraction of sp³-hybridized carbons (Fsp3) is 0.444. The van der Waals surface area contributed by atoms with E-state index in [1.165, 1.54) is 15.9 Å². The van der Waals surface area contributed by atoms with Crippen LogP contribution in [0.3, 0.4) is 0 Å². The Balaban J connectivity index is 1.89. The van der Waals surface area contributed by atoms with Crippen LogP contribution in [0.4, 0.5) is 0 Å². The van der Waals surface area contributed by atoms with Crippen molar-refractivity contribution in [2.75, 3.05) is 40.5 Å². The zero-order valence-electron chi connectivity index (χ0n) is 15.5. The number of benzene rings is 1. The average molecular weight is 390 g/mol. The molecule has 1 N–H and O–H groups in total. The third-order valence-corrected chi connectivity index (χ3v) is 5.77. The van der Waals surface area contributed by atoms with Crippen LogP contribution < -0.4 is 9.47 Å². The number of nitrogens with zero attached hydrogens (tertiary/aromatic N) is 4. The van der Waals surface area contributed by atoms with Crippen LogP contribution in [0.15, 0.2) is 18.2 Å². The Morgan fingerprint density at radius 1 is 1.22 bits per heavy atom. The lowest BCUT2D eigenvalue weighted by atomic mass is 10.0. The maximum atomic E-state index is 10.9. The number of morpholine rings is 1. The van der Waals surface area contributed by atoms with Gasteiger partial charge in [0.1, 0.15) is 5.82 Å². The van der Waals surface area contributed by atoms with Crippen LogP contribution in [-0.4, -0.2) is 65.1 Å². The first-order valence-electron chi connectivity index (χ1n) is 8.71. The van der Waals surface area contributed by atoms with Gasteiger partial charge >= 0.3 is 0 Å². The molecule has 9 heteroatoms. The Morgan fingerprint density at radius 2 is 2.00 bits per heavy atom. The van der Waals surface area contributed by atoms with Gasteiger partial charge in [-0.25, -0.2) is 4.98 Å². The molecule has 0 bridgehead atoms. The average Bonchev–Trinajstić information content (AvgIpc) is 3.20. The van der Waals surface area contributed by atoms with Gasteiger partial charge in [-0.15, -0.1) is 5.10 Å². The number of aromatic nitrogens is 3. The summed E-state index contributed by atoms with van der Waals surface area (Å²) in [6.07, 6.45) is 0. The Labute approximate surface area is 160 Å². The van der Waals surface area contributed by atoms with Crippen LogP contribution in [0.1, 0.15) is 22.3 Å². The van der Waals surface area contributed by atoms with Crippen LogP contribution in [0.5, 0.6) is 17.4 Å². The van der Waals surface area contributed by atoms with Gasteiger partial charge in [0.2, 0.25) is 10.8 Å². The highest BCUT2D eigenvalue weighted by atomic mass is 32.1. The van der Waals surface area contributed by atoms with Gasteiger partial charge in [-0.3, -0.25) is 4.90 Å². The molecule has 1 aromatic carbocycles. The summed E-state index contributed by atoms with van der Waals surface area (Å²) < 4.78 is 18.2. The fourth-order valence-corrected chi connectivity index (χ4v) is 4.65. The summed E-state index contributed by atoms with van der Waals surface area (Å²) in [7, 11) is 3.25. The molecule has 3 aromatic rings. The second kappa shape index (κ2) is 7.34. The van der Waals surface area contributed by atoms with E-state index in [1.807, 2.05) is 25.1 Å². The molecule has 27 heavy (non-hydrogen) atoms. The van der Waals surface area contributed by atoms with E-state index >= 15 is 0 Å². The minimum atomic E-state index is -0.215. The van der Waals surface area contributed by atoms with E-state index in [9.17, 15) is 5.11 Å². The lowest BCUT2D eigenvalue weighted by Gasteiger charge is -2.34. The van der Waals surface area contributed by atoms with Crippen molar-refractivity contribution in [2.24, 2.45) is 0 Å². The van der Waals surface area contributed by atoms with Crippen molar-refractivity contribution in [3.05, 3.63) is 34.5 Å². The Bertz CT molecular complexity index is 948. The van der Waals surface area contributed by atoms with Crippen LogP contribution in [-0.2, 0) is 4.74 Å². The van der Waals surface area contributed by atoms with Crippen molar-refractivity contribution in [2.45, 2.75) is 13.0 Å². The van der Waals surface area contributed by atoms with Crippen molar-refractivity contribution < 1.29 is 19.3 Å². The number of hydrogen-bond acceptors (Lipinski definition) is 8. The second-order valence-corrected chi connectivity index (χ2v) is 7.29. The smallest absolute Gasteiger partial charge is 0.230 e. The summed E-state index contributed by atoms with van der Waals surface area (Å²) in [4.78, 5) is 8.12. The monoisotopic (exact) mass is 390 g/mol. The van der Waals surface area contributed by atoms with Gasteiger partial charge in [-0.05, 0) is 13.0 Å². The predicted molar refractivity (Wildman–Crippen MR) is 101 cm³/mol. The zero-order chi connectivity index (χ0) is 19.0. The van der Waals surface area contributed by atoms with Crippen LogP contribution >= 0.6 is 11.3 Å². The summed E-state index contributed by atoms with van der Waals surface area (Å²) in [5.41, 5.74) is 0.926. The number of aryl methyl sites for hydroxylation is 1. The number of thiazole rings is 1. The van der Waals surface area contributed by atoms with Gasteiger partial charge in [0.25, 0.3) is 0 Å². The molecule has 3 heterocycles. The third kappa shape index (κ3) is 3.11. The van der Waals surface area contributed by atoms with Gasteiger partial charge in [-0.2, -0.15) is 4.52 Å². The first-order chi connectivity index (χ1) is 13.1. The topological polar surface area (TPSA) is 81.4 Å². The normalized spacial score (nSPS) is 16.6. The molecule has 2 aromatic heterocycles. The molecule has 0 unspecified atom stereocenters. The van der Waals surface area contributed by atoms with Gasteiger partial charge in [0.05, 0.1) is 38.4 Å². The maximum Gasteiger partial charge on any atom is 0.230 e. The minimum absolute atomic E-state index is 0.108. The highest BCUT2D eigenvalue weighted by Crippen LogP contribution is 2.45. The number of para-hydroxylation sites is 1. The molecule has 1 aliphatic heterocycles. The second-order valence-electron chi connectivity index (χ2n) is 6.28. The van der Waals surface area contributed by atoms with Gasteiger partial charge in [0.15, 0.2) is 11.5 Å². The summed E-state index contributed by atoms with van der Waals surface area (Å²) in [5, 5.41) is 15.2.